The molecule has 0 saturated carbocycles. The van der Waals surface area contributed by atoms with Gasteiger partial charge in [-0.2, -0.15) is 0 Å². The summed E-state index contributed by atoms with van der Waals surface area (Å²) >= 11 is 0. The van der Waals surface area contributed by atoms with E-state index in [1.54, 1.807) is 36.7 Å². The standard InChI is InChI=1S/C28H32N2O3/c31-27(28(32,25-7-3-1-4-8-25)26-9-5-2-6-10-26)33-21-24(23-15-19-30-20-16-23)12-11-22-13-17-29-18-14-22/h1-10,15-16,19-20,22,24,29,32H,11-14,17-18,21H2. The fraction of sp³-hybridized carbons (Fsp3) is 0.357. The molecule has 5 nitrogen and oxygen atoms in total. The van der Waals surface area contributed by atoms with Gasteiger partial charge in [-0.3, -0.25) is 4.98 Å². The van der Waals surface area contributed by atoms with E-state index in [-0.39, 0.29) is 12.5 Å². The Kier molecular flexibility index (Phi) is 7.87. The average molecular weight is 445 g/mol. The first-order valence-electron chi connectivity index (χ1n) is 11.8. The Hall–Kier alpha value is -3.02. The third-order valence-electron chi connectivity index (χ3n) is 6.65. The van der Waals surface area contributed by atoms with Crippen molar-refractivity contribution < 1.29 is 14.6 Å². The lowest BCUT2D eigenvalue weighted by Crippen LogP contribution is -2.39. The van der Waals surface area contributed by atoms with E-state index in [9.17, 15) is 9.90 Å². The number of carbonyl (C=O) groups excluding carboxylic acids is 1. The first-order valence-corrected chi connectivity index (χ1v) is 11.8. The number of benzene rings is 2. The highest BCUT2D eigenvalue weighted by molar-refractivity contribution is 5.85. The highest BCUT2D eigenvalue weighted by Crippen LogP contribution is 2.33. The van der Waals surface area contributed by atoms with E-state index in [1.807, 2.05) is 48.5 Å². The minimum absolute atomic E-state index is 0.0580. The number of nitrogens with one attached hydrogen (secondary N) is 1. The van der Waals surface area contributed by atoms with Crippen molar-refractivity contribution in [2.75, 3.05) is 19.7 Å². The number of hydrogen-bond donors (Lipinski definition) is 2. The molecule has 1 unspecified atom stereocenters. The molecule has 0 radical (unpaired) electrons. The van der Waals surface area contributed by atoms with E-state index in [0.717, 1.165) is 31.5 Å². The molecule has 2 aromatic carbocycles. The maximum Gasteiger partial charge on any atom is 0.347 e. The molecular weight excluding hydrogens is 412 g/mol. The normalized spacial score (nSPS) is 15.7. The molecular formula is C28H32N2O3. The van der Waals surface area contributed by atoms with Crippen LogP contribution in [0.3, 0.4) is 0 Å². The summed E-state index contributed by atoms with van der Waals surface area (Å²) in [5, 5.41) is 15.1. The Balaban J connectivity index is 1.52. The summed E-state index contributed by atoms with van der Waals surface area (Å²) in [5.74, 6) is 0.0975. The molecule has 5 heteroatoms. The van der Waals surface area contributed by atoms with Crippen LogP contribution in [-0.4, -0.2) is 35.8 Å². The summed E-state index contributed by atoms with van der Waals surface area (Å²) in [7, 11) is 0. The summed E-state index contributed by atoms with van der Waals surface area (Å²) < 4.78 is 5.85. The van der Waals surface area contributed by atoms with Gasteiger partial charge in [0.2, 0.25) is 5.60 Å². The zero-order valence-electron chi connectivity index (χ0n) is 18.9. The number of pyridine rings is 1. The van der Waals surface area contributed by atoms with Crippen LogP contribution in [0.15, 0.2) is 85.2 Å². The Morgan fingerprint density at radius 1 is 0.970 bits per heavy atom. The number of esters is 1. The smallest absolute Gasteiger partial charge is 0.347 e. The number of carbonyl (C=O) groups is 1. The van der Waals surface area contributed by atoms with E-state index in [0.29, 0.717) is 17.0 Å². The molecule has 0 spiro atoms. The molecule has 0 bridgehead atoms. The topological polar surface area (TPSA) is 71.5 Å². The van der Waals surface area contributed by atoms with Crippen LogP contribution in [0.4, 0.5) is 0 Å². The summed E-state index contributed by atoms with van der Waals surface area (Å²) in [4.78, 5) is 17.6. The second-order valence-electron chi connectivity index (χ2n) is 8.79. The molecule has 172 valence electrons. The van der Waals surface area contributed by atoms with Crippen LogP contribution in [0.2, 0.25) is 0 Å². The van der Waals surface area contributed by atoms with Gasteiger partial charge in [0.15, 0.2) is 0 Å². The van der Waals surface area contributed by atoms with E-state index in [2.05, 4.69) is 10.3 Å². The summed E-state index contributed by atoms with van der Waals surface area (Å²) in [6.07, 6.45) is 7.94. The van der Waals surface area contributed by atoms with E-state index < -0.39 is 11.6 Å². The number of rotatable bonds is 9. The van der Waals surface area contributed by atoms with Crippen molar-refractivity contribution >= 4 is 5.97 Å². The Bertz CT molecular complexity index is 950. The van der Waals surface area contributed by atoms with Crippen LogP contribution in [-0.2, 0) is 15.1 Å². The van der Waals surface area contributed by atoms with Crippen LogP contribution in [0.1, 0.15) is 48.3 Å². The summed E-state index contributed by atoms with van der Waals surface area (Å²) in [6, 6.07) is 22.0. The molecule has 1 aromatic heterocycles. The number of ether oxygens (including phenoxy) is 1. The average Bonchev–Trinajstić information content (AvgIpc) is 2.90. The molecule has 1 saturated heterocycles. The quantitative estimate of drug-likeness (QED) is 0.478. The number of aromatic nitrogens is 1. The van der Waals surface area contributed by atoms with Gasteiger partial charge in [0.05, 0.1) is 6.61 Å². The highest BCUT2D eigenvalue weighted by Gasteiger charge is 2.41. The number of nitrogens with zero attached hydrogens (tertiary/aromatic N) is 1. The van der Waals surface area contributed by atoms with Crippen LogP contribution < -0.4 is 5.32 Å². The predicted octanol–water partition coefficient (Wildman–Crippen LogP) is 4.42. The molecule has 1 aliphatic heterocycles. The SMILES string of the molecule is O=C(OCC(CCC1CCNCC1)c1ccncc1)C(O)(c1ccccc1)c1ccccc1. The maximum atomic E-state index is 13.4. The van der Waals surface area contributed by atoms with Gasteiger partial charge in [-0.1, -0.05) is 60.7 Å². The fourth-order valence-electron chi connectivity index (χ4n) is 4.63. The van der Waals surface area contributed by atoms with Crippen molar-refractivity contribution in [1.82, 2.24) is 10.3 Å². The van der Waals surface area contributed by atoms with Crippen molar-refractivity contribution in [3.05, 3.63) is 102 Å². The molecule has 1 aliphatic rings. The Labute approximate surface area is 195 Å². The molecule has 3 aromatic rings. The van der Waals surface area contributed by atoms with E-state index in [4.69, 9.17) is 4.74 Å². The third-order valence-corrected chi connectivity index (χ3v) is 6.65. The lowest BCUT2D eigenvalue weighted by atomic mass is 9.86. The van der Waals surface area contributed by atoms with Crippen LogP contribution in [0.5, 0.6) is 0 Å². The van der Waals surface area contributed by atoms with Crippen LogP contribution in [0.25, 0.3) is 0 Å². The lowest BCUT2D eigenvalue weighted by molar-refractivity contribution is -0.162. The summed E-state index contributed by atoms with van der Waals surface area (Å²) in [5.41, 5.74) is 0.239. The molecule has 1 atom stereocenters. The van der Waals surface area contributed by atoms with Gasteiger partial charge < -0.3 is 15.2 Å². The van der Waals surface area contributed by atoms with Crippen molar-refractivity contribution in [3.63, 3.8) is 0 Å². The Morgan fingerprint density at radius 2 is 1.55 bits per heavy atom. The van der Waals surface area contributed by atoms with Gasteiger partial charge in [-0.15, -0.1) is 0 Å². The van der Waals surface area contributed by atoms with Gasteiger partial charge in [0.25, 0.3) is 0 Å². The van der Waals surface area contributed by atoms with Gasteiger partial charge in [0.1, 0.15) is 0 Å². The lowest BCUT2D eigenvalue weighted by Gasteiger charge is -2.29. The number of piperidine rings is 1. The minimum atomic E-state index is -1.86. The van der Waals surface area contributed by atoms with Gasteiger partial charge in [0, 0.05) is 18.3 Å². The molecule has 0 aliphatic carbocycles. The van der Waals surface area contributed by atoms with Gasteiger partial charge in [-0.05, 0) is 73.5 Å². The van der Waals surface area contributed by atoms with E-state index in [1.165, 1.54) is 12.8 Å². The van der Waals surface area contributed by atoms with Crippen molar-refractivity contribution in [2.24, 2.45) is 5.92 Å². The maximum absolute atomic E-state index is 13.4. The molecule has 33 heavy (non-hydrogen) atoms. The van der Waals surface area contributed by atoms with Crippen molar-refractivity contribution in [2.45, 2.75) is 37.2 Å². The minimum Gasteiger partial charge on any atom is -0.462 e. The monoisotopic (exact) mass is 444 g/mol. The van der Waals surface area contributed by atoms with Crippen LogP contribution >= 0.6 is 0 Å². The molecule has 4 rings (SSSR count). The summed E-state index contributed by atoms with van der Waals surface area (Å²) in [6.45, 7) is 2.36. The zero-order chi connectivity index (χ0) is 22.9. The predicted molar refractivity (Wildman–Crippen MR) is 129 cm³/mol. The second kappa shape index (κ2) is 11.2. The Morgan fingerprint density at radius 3 is 2.12 bits per heavy atom. The number of aliphatic hydroxyl groups is 1. The third kappa shape index (κ3) is 5.67. The first kappa shape index (κ1) is 23.1. The molecule has 1 fully saturated rings. The first-order chi connectivity index (χ1) is 16.2. The van der Waals surface area contributed by atoms with E-state index >= 15 is 0 Å². The van der Waals surface area contributed by atoms with Crippen molar-refractivity contribution in [1.29, 1.82) is 0 Å². The fourth-order valence-corrected chi connectivity index (χ4v) is 4.63. The molecule has 0 amide bonds. The number of hydrogen-bond acceptors (Lipinski definition) is 5. The van der Waals surface area contributed by atoms with Crippen LogP contribution in [0, 0.1) is 5.92 Å². The molecule has 2 heterocycles. The molecule has 2 N–H and O–H groups in total. The largest absolute Gasteiger partial charge is 0.462 e. The van der Waals surface area contributed by atoms with Gasteiger partial charge >= 0.3 is 5.97 Å². The second-order valence-corrected chi connectivity index (χ2v) is 8.79. The highest BCUT2D eigenvalue weighted by atomic mass is 16.5. The van der Waals surface area contributed by atoms with Crippen molar-refractivity contribution in [3.8, 4) is 0 Å². The zero-order valence-corrected chi connectivity index (χ0v) is 18.9. The van der Waals surface area contributed by atoms with Gasteiger partial charge in [-0.25, -0.2) is 4.79 Å².